The van der Waals surface area contributed by atoms with Crippen molar-refractivity contribution in [3.8, 4) is 0 Å². The van der Waals surface area contributed by atoms with E-state index in [1.165, 1.54) is 4.90 Å². The number of aliphatic hydroxyl groups excluding tert-OH is 1. The van der Waals surface area contributed by atoms with Crippen molar-refractivity contribution in [3.05, 3.63) is 35.9 Å². The first-order valence-corrected chi connectivity index (χ1v) is 7.40. The molecular formula is C16H22N2O5. The molecule has 0 unspecified atom stereocenters. The number of nitrogens with zero attached hydrogens (tertiary/aromatic N) is 1. The summed E-state index contributed by atoms with van der Waals surface area (Å²) in [6, 6.07) is 8.39. The number of carbonyl (C=O) groups excluding carboxylic acids is 2. The molecular weight excluding hydrogens is 300 g/mol. The van der Waals surface area contributed by atoms with E-state index in [0.717, 1.165) is 5.56 Å². The highest BCUT2D eigenvalue weighted by Crippen LogP contribution is 2.30. The number of aliphatic hydroxyl groups is 1. The fourth-order valence-corrected chi connectivity index (χ4v) is 2.10. The van der Waals surface area contributed by atoms with Crippen molar-refractivity contribution in [2.75, 3.05) is 6.61 Å². The SMILES string of the molecule is CC(C)(C)OC(=O)NC(=O)N1[C@@H](CO)[C@@H]1OCc1ccccc1. The van der Waals surface area contributed by atoms with Crippen LogP contribution in [0.2, 0.25) is 0 Å². The number of rotatable bonds is 4. The third-order valence-corrected chi connectivity index (χ3v) is 3.16. The number of carbonyl (C=O) groups is 2. The molecule has 0 aromatic heterocycles. The predicted molar refractivity (Wildman–Crippen MR) is 82.5 cm³/mol. The molecule has 7 nitrogen and oxygen atoms in total. The lowest BCUT2D eigenvalue weighted by Crippen LogP contribution is -2.39. The van der Waals surface area contributed by atoms with Gasteiger partial charge in [0.25, 0.3) is 0 Å². The molecule has 1 aliphatic rings. The van der Waals surface area contributed by atoms with Crippen LogP contribution in [0.15, 0.2) is 30.3 Å². The Morgan fingerprint density at radius 2 is 1.91 bits per heavy atom. The molecule has 2 N–H and O–H groups in total. The van der Waals surface area contributed by atoms with E-state index in [4.69, 9.17) is 9.47 Å². The molecule has 0 bridgehead atoms. The zero-order valence-electron chi connectivity index (χ0n) is 13.5. The maximum Gasteiger partial charge on any atom is 0.415 e. The average molecular weight is 322 g/mol. The Balaban J connectivity index is 1.84. The average Bonchev–Trinajstić information content (AvgIpc) is 3.17. The summed E-state index contributed by atoms with van der Waals surface area (Å²) in [6.07, 6.45) is -1.38. The van der Waals surface area contributed by atoms with Crippen molar-refractivity contribution >= 4 is 12.1 Å². The Labute approximate surface area is 135 Å². The molecule has 0 spiro atoms. The number of hydrogen-bond donors (Lipinski definition) is 2. The second-order valence-corrected chi connectivity index (χ2v) is 6.28. The van der Waals surface area contributed by atoms with E-state index in [2.05, 4.69) is 5.32 Å². The summed E-state index contributed by atoms with van der Waals surface area (Å²) in [7, 11) is 0. The summed E-state index contributed by atoms with van der Waals surface area (Å²) in [5, 5.41) is 11.4. The third kappa shape index (κ3) is 4.94. The van der Waals surface area contributed by atoms with Gasteiger partial charge in [0.2, 0.25) is 0 Å². The van der Waals surface area contributed by atoms with Gasteiger partial charge in [0.1, 0.15) is 11.6 Å². The fraction of sp³-hybridized carbons (Fsp3) is 0.500. The number of amides is 3. The van der Waals surface area contributed by atoms with E-state index in [1.807, 2.05) is 30.3 Å². The van der Waals surface area contributed by atoms with Crippen molar-refractivity contribution in [3.63, 3.8) is 0 Å². The molecule has 7 heteroatoms. The summed E-state index contributed by atoms with van der Waals surface area (Å²) < 4.78 is 10.6. The van der Waals surface area contributed by atoms with Gasteiger partial charge in [-0.25, -0.2) is 14.9 Å². The van der Waals surface area contributed by atoms with Gasteiger partial charge in [0.15, 0.2) is 6.23 Å². The van der Waals surface area contributed by atoms with Gasteiger partial charge in [-0.2, -0.15) is 0 Å². The van der Waals surface area contributed by atoms with Crippen molar-refractivity contribution in [2.24, 2.45) is 0 Å². The number of nitrogens with one attached hydrogen (secondary N) is 1. The zero-order chi connectivity index (χ0) is 17.0. The second kappa shape index (κ2) is 6.97. The molecule has 0 saturated carbocycles. The largest absolute Gasteiger partial charge is 0.443 e. The minimum absolute atomic E-state index is 0.235. The zero-order valence-corrected chi connectivity index (χ0v) is 13.5. The Morgan fingerprint density at radius 1 is 1.26 bits per heavy atom. The molecule has 0 radical (unpaired) electrons. The first-order valence-electron chi connectivity index (χ1n) is 7.40. The summed E-state index contributed by atoms with van der Waals surface area (Å²) in [4.78, 5) is 24.9. The van der Waals surface area contributed by atoms with Crippen LogP contribution >= 0.6 is 0 Å². The van der Waals surface area contributed by atoms with Crippen molar-refractivity contribution in [1.29, 1.82) is 0 Å². The molecule has 1 saturated heterocycles. The van der Waals surface area contributed by atoms with Gasteiger partial charge in [0, 0.05) is 0 Å². The van der Waals surface area contributed by atoms with Crippen LogP contribution in [-0.2, 0) is 16.1 Å². The predicted octanol–water partition coefficient (Wildman–Crippen LogP) is 1.85. The molecule has 126 valence electrons. The summed E-state index contributed by atoms with van der Waals surface area (Å²) in [5.74, 6) is 0. The van der Waals surface area contributed by atoms with E-state index in [-0.39, 0.29) is 6.61 Å². The topological polar surface area (TPSA) is 87.9 Å². The first kappa shape index (κ1) is 17.2. The second-order valence-electron chi connectivity index (χ2n) is 6.28. The van der Waals surface area contributed by atoms with Gasteiger partial charge < -0.3 is 14.6 Å². The van der Waals surface area contributed by atoms with Gasteiger partial charge >= 0.3 is 12.1 Å². The van der Waals surface area contributed by atoms with Crippen LogP contribution in [0, 0.1) is 0 Å². The minimum Gasteiger partial charge on any atom is -0.443 e. The Morgan fingerprint density at radius 3 is 2.48 bits per heavy atom. The molecule has 2 rings (SSSR count). The number of hydrogen-bond acceptors (Lipinski definition) is 5. The third-order valence-electron chi connectivity index (χ3n) is 3.16. The normalized spacial score (nSPS) is 20.1. The highest BCUT2D eigenvalue weighted by molar-refractivity contribution is 5.92. The van der Waals surface area contributed by atoms with E-state index in [0.29, 0.717) is 6.61 Å². The number of urea groups is 1. The van der Waals surface area contributed by atoms with Crippen LogP contribution in [0.4, 0.5) is 9.59 Å². The molecule has 0 aliphatic carbocycles. The lowest BCUT2D eigenvalue weighted by Gasteiger charge is -2.19. The number of benzene rings is 1. The molecule has 1 fully saturated rings. The smallest absolute Gasteiger partial charge is 0.415 e. The Kier molecular flexibility index (Phi) is 5.23. The maximum atomic E-state index is 12.0. The van der Waals surface area contributed by atoms with E-state index in [9.17, 15) is 14.7 Å². The molecule has 1 aliphatic heterocycles. The lowest BCUT2D eigenvalue weighted by atomic mass is 10.2. The molecule has 1 heterocycles. The van der Waals surface area contributed by atoms with E-state index >= 15 is 0 Å². The van der Waals surface area contributed by atoms with Crippen LogP contribution in [0.3, 0.4) is 0 Å². The summed E-state index contributed by atoms with van der Waals surface area (Å²) in [5.41, 5.74) is 0.270. The highest BCUT2D eigenvalue weighted by atomic mass is 16.6. The Hall–Kier alpha value is -2.12. The molecule has 2 atom stereocenters. The molecule has 3 amide bonds. The first-order chi connectivity index (χ1) is 10.8. The fourth-order valence-electron chi connectivity index (χ4n) is 2.10. The van der Waals surface area contributed by atoms with Gasteiger partial charge in [-0.1, -0.05) is 30.3 Å². The van der Waals surface area contributed by atoms with E-state index in [1.54, 1.807) is 20.8 Å². The van der Waals surface area contributed by atoms with Crippen LogP contribution in [0.1, 0.15) is 26.3 Å². The quantitative estimate of drug-likeness (QED) is 0.826. The summed E-state index contributed by atoms with van der Waals surface area (Å²) in [6.45, 7) is 5.20. The van der Waals surface area contributed by atoms with E-state index < -0.39 is 30.0 Å². The van der Waals surface area contributed by atoms with Gasteiger partial charge in [0.05, 0.1) is 13.2 Å². The van der Waals surface area contributed by atoms with Crippen LogP contribution in [0.25, 0.3) is 0 Å². The molecule has 1 aromatic rings. The van der Waals surface area contributed by atoms with Gasteiger partial charge in [-0.15, -0.1) is 0 Å². The van der Waals surface area contributed by atoms with Crippen LogP contribution < -0.4 is 5.32 Å². The van der Waals surface area contributed by atoms with Gasteiger partial charge in [-0.05, 0) is 26.3 Å². The maximum absolute atomic E-state index is 12.0. The monoisotopic (exact) mass is 322 g/mol. The van der Waals surface area contributed by atoms with Crippen molar-refractivity contribution < 1.29 is 24.2 Å². The van der Waals surface area contributed by atoms with Gasteiger partial charge in [-0.3, -0.25) is 4.90 Å². The standard InChI is InChI=1S/C16H22N2O5/c1-16(2,3)23-15(21)17-14(20)18-12(9-19)13(18)22-10-11-7-5-4-6-8-11/h4-8,12-13,19H,9-10H2,1-3H3,(H,17,20,21)/t12-,13-,18?/m0/s1. The minimum atomic E-state index is -0.826. The van der Waals surface area contributed by atoms with Crippen molar-refractivity contribution in [1.82, 2.24) is 10.2 Å². The van der Waals surface area contributed by atoms with Crippen LogP contribution in [-0.4, -0.2) is 46.6 Å². The Bertz CT molecular complexity index is 555. The number of ether oxygens (including phenoxy) is 2. The van der Waals surface area contributed by atoms with Crippen molar-refractivity contribution in [2.45, 2.75) is 45.2 Å². The number of alkyl carbamates (subject to hydrolysis) is 1. The molecule has 23 heavy (non-hydrogen) atoms. The highest BCUT2D eigenvalue weighted by Gasteiger charge is 2.52. The molecule has 1 aromatic carbocycles. The van der Waals surface area contributed by atoms with Crippen LogP contribution in [0.5, 0.6) is 0 Å². The summed E-state index contributed by atoms with van der Waals surface area (Å²) >= 11 is 0. The number of imide groups is 1. The lowest BCUT2D eigenvalue weighted by molar-refractivity contribution is 0.0521.